The fraction of sp³-hybridized carbons (Fsp3) is 0.838. The highest BCUT2D eigenvalue weighted by molar-refractivity contribution is 5.73. The predicted molar refractivity (Wildman–Crippen MR) is 200 cm³/mol. The van der Waals surface area contributed by atoms with E-state index in [2.05, 4.69) is 153 Å². The third kappa shape index (κ3) is 44.3. The number of hydrogen-bond acceptors (Lipinski definition) is 6. The lowest BCUT2D eigenvalue weighted by molar-refractivity contribution is -0.144. The second-order valence-corrected chi connectivity index (χ2v) is 14.0. The summed E-state index contributed by atoms with van der Waals surface area (Å²) in [5.41, 5.74) is 0. The Morgan fingerprint density at radius 2 is 0.956 bits per heavy atom. The van der Waals surface area contributed by atoms with Gasteiger partial charge in [-0.1, -0.05) is 41.5 Å². The molecule has 0 aliphatic heterocycles. The van der Waals surface area contributed by atoms with Crippen LogP contribution in [0.5, 0.6) is 0 Å². The molecule has 272 valence electrons. The Morgan fingerprint density at radius 1 is 0.622 bits per heavy atom. The molecule has 0 radical (unpaired) electrons. The molecular formula is C37H81N5O3. The quantitative estimate of drug-likeness (QED) is 0.264. The second kappa shape index (κ2) is 32.1. The van der Waals surface area contributed by atoms with Crippen LogP contribution in [0.25, 0.3) is 0 Å². The van der Waals surface area contributed by atoms with Crippen LogP contribution in [0.4, 0.5) is 0 Å². The van der Waals surface area contributed by atoms with Gasteiger partial charge >= 0.3 is 5.97 Å². The van der Waals surface area contributed by atoms with E-state index in [1.165, 1.54) is 14.0 Å². The van der Waals surface area contributed by atoms with E-state index < -0.39 is 0 Å². The average Bonchev–Trinajstić information content (AvgIpc) is 3.38. The number of methoxy groups -OCH3 is 1. The Labute approximate surface area is 282 Å². The molecule has 1 amide bonds. The zero-order valence-electron chi connectivity index (χ0n) is 34.1. The molecule has 0 fully saturated rings. The van der Waals surface area contributed by atoms with Gasteiger partial charge in [0.15, 0.2) is 0 Å². The van der Waals surface area contributed by atoms with E-state index in [4.69, 9.17) is 0 Å². The van der Waals surface area contributed by atoms with Gasteiger partial charge in [0.1, 0.15) is 0 Å². The molecule has 45 heavy (non-hydrogen) atoms. The Bertz CT molecular complexity index is 723. The Hall–Kier alpha value is -1.90. The van der Waals surface area contributed by atoms with Crippen molar-refractivity contribution in [2.24, 2.45) is 5.92 Å². The Kier molecular flexibility index (Phi) is 37.5. The van der Waals surface area contributed by atoms with Gasteiger partial charge in [-0.3, -0.25) is 14.5 Å². The first-order valence-electron chi connectivity index (χ1n) is 17.0. The van der Waals surface area contributed by atoms with Gasteiger partial charge in [-0.15, -0.1) is 0 Å². The lowest BCUT2D eigenvalue weighted by Gasteiger charge is -2.34. The van der Waals surface area contributed by atoms with E-state index in [1.807, 2.05) is 26.0 Å². The number of nitrogens with zero attached hydrogens (tertiary/aromatic N) is 3. The summed E-state index contributed by atoms with van der Waals surface area (Å²) >= 11 is 0. The summed E-state index contributed by atoms with van der Waals surface area (Å²) in [5, 5.41) is 5.97. The lowest BCUT2D eigenvalue weighted by atomic mass is 10.2. The van der Waals surface area contributed by atoms with Crippen molar-refractivity contribution in [3.63, 3.8) is 0 Å². The minimum Gasteiger partial charge on any atom is -0.469 e. The van der Waals surface area contributed by atoms with Crippen LogP contribution in [-0.4, -0.2) is 89.7 Å². The molecule has 0 aliphatic rings. The fourth-order valence-electron chi connectivity index (χ4n) is 3.79. The average molecular weight is 644 g/mol. The van der Waals surface area contributed by atoms with Crippen LogP contribution in [0.2, 0.25) is 0 Å². The number of amides is 1. The highest BCUT2D eigenvalue weighted by Gasteiger charge is 2.15. The van der Waals surface area contributed by atoms with Crippen LogP contribution < -0.4 is 10.6 Å². The molecule has 0 aliphatic carbocycles. The third-order valence-electron chi connectivity index (χ3n) is 5.88. The molecule has 0 saturated heterocycles. The van der Waals surface area contributed by atoms with Gasteiger partial charge < -0.3 is 24.8 Å². The number of esters is 1. The van der Waals surface area contributed by atoms with Crippen molar-refractivity contribution in [2.45, 2.75) is 180 Å². The summed E-state index contributed by atoms with van der Waals surface area (Å²) in [6.45, 7) is 39.8. The van der Waals surface area contributed by atoms with Crippen LogP contribution in [0, 0.1) is 5.92 Å². The van der Waals surface area contributed by atoms with Crippen LogP contribution in [0.15, 0.2) is 24.5 Å². The number of carbonyl (C=O) groups is 2. The van der Waals surface area contributed by atoms with Gasteiger partial charge in [0, 0.05) is 67.7 Å². The Balaban J connectivity index is -0.000000143. The first kappa shape index (κ1) is 52.6. The highest BCUT2D eigenvalue weighted by atomic mass is 16.5. The van der Waals surface area contributed by atoms with Gasteiger partial charge in [0.05, 0.1) is 13.0 Å². The van der Waals surface area contributed by atoms with Gasteiger partial charge in [-0.25, -0.2) is 0 Å². The smallest absolute Gasteiger partial charge is 0.308 e. The van der Waals surface area contributed by atoms with E-state index >= 15 is 0 Å². The molecule has 1 rings (SSSR count). The predicted octanol–water partition coefficient (Wildman–Crippen LogP) is 8.28. The molecule has 0 bridgehead atoms. The largest absolute Gasteiger partial charge is 0.469 e. The van der Waals surface area contributed by atoms with Crippen molar-refractivity contribution in [3.05, 3.63) is 24.5 Å². The molecule has 2 N–H and O–H groups in total. The number of hydrogen-bond donors (Lipinski definition) is 2. The van der Waals surface area contributed by atoms with Crippen LogP contribution >= 0.6 is 0 Å². The summed E-state index contributed by atoms with van der Waals surface area (Å²) < 4.78 is 6.54. The number of carbonyl (C=O) groups excluding carboxylic acids is 2. The van der Waals surface area contributed by atoms with Crippen LogP contribution in [0.3, 0.4) is 0 Å². The second-order valence-electron chi connectivity index (χ2n) is 14.0. The maximum atomic E-state index is 10.3. The summed E-state index contributed by atoms with van der Waals surface area (Å²) in [4.78, 5) is 25.1. The summed E-state index contributed by atoms with van der Waals surface area (Å²) in [5.74, 6) is -0.111. The lowest BCUT2D eigenvalue weighted by Crippen LogP contribution is -2.42. The van der Waals surface area contributed by atoms with Crippen molar-refractivity contribution in [3.8, 4) is 0 Å². The molecule has 8 heteroatoms. The fourth-order valence-corrected chi connectivity index (χ4v) is 3.79. The summed E-state index contributed by atoms with van der Waals surface area (Å²) in [6.07, 6.45) is 4.15. The SMILES string of the molecule is CC(=O)NC(C)C.CC(C)N(C(C)C)C(C)C.CC(C)N(C)C.CC(C)NC(C)C.CC(C)n1cccc1.COC(=O)C(C)C. The molecule has 1 aromatic heterocycles. The maximum Gasteiger partial charge on any atom is 0.308 e. The standard InChI is InChI=1S/C9H21N.C7H11N.C6H15N.C5H11NO.C5H13N.C5H10O2/c1-7(2)10(8(3)4)9(5)6;1-7(2)8-5-3-4-6-8;1-5(2)7-6(3)4;1-4(2)6-5(3)7;1-5(2)6(3)4;1-4(2)5(6)7-3/h7-9H,1-6H3;3-7H,1-2H3;5-7H,1-4H3;4H,1-3H3,(H,6,7);5H,1-4H3;4H,1-3H3. The molecule has 8 nitrogen and oxygen atoms in total. The van der Waals surface area contributed by atoms with E-state index in [-0.39, 0.29) is 23.8 Å². The molecule has 0 atom stereocenters. The molecule has 1 aromatic rings. The van der Waals surface area contributed by atoms with Crippen molar-refractivity contribution in [1.82, 2.24) is 25.0 Å². The first-order valence-corrected chi connectivity index (χ1v) is 17.0. The zero-order chi connectivity index (χ0) is 37.0. The van der Waals surface area contributed by atoms with Gasteiger partial charge in [-0.2, -0.15) is 0 Å². The number of ether oxygens (including phenoxy) is 1. The van der Waals surface area contributed by atoms with Gasteiger partial charge in [-0.05, 0) is 109 Å². The number of rotatable bonds is 9. The van der Waals surface area contributed by atoms with Crippen molar-refractivity contribution in [2.75, 3.05) is 21.2 Å². The van der Waals surface area contributed by atoms with E-state index in [0.29, 0.717) is 42.3 Å². The van der Waals surface area contributed by atoms with Gasteiger partial charge in [0.25, 0.3) is 0 Å². The normalized spacial score (nSPS) is 10.7. The molecule has 1 heterocycles. The molecule has 0 unspecified atom stereocenters. The number of nitrogens with one attached hydrogen (secondary N) is 2. The number of aromatic nitrogens is 1. The Morgan fingerprint density at radius 3 is 1.00 bits per heavy atom. The van der Waals surface area contributed by atoms with Crippen molar-refractivity contribution < 1.29 is 14.3 Å². The van der Waals surface area contributed by atoms with E-state index in [1.54, 1.807) is 13.8 Å². The van der Waals surface area contributed by atoms with Crippen LogP contribution in [0.1, 0.15) is 138 Å². The highest BCUT2D eigenvalue weighted by Crippen LogP contribution is 2.09. The van der Waals surface area contributed by atoms with Gasteiger partial charge in [0.2, 0.25) is 5.91 Å². The monoisotopic (exact) mass is 644 g/mol. The molecular weight excluding hydrogens is 562 g/mol. The molecule has 0 saturated carbocycles. The summed E-state index contributed by atoms with van der Waals surface area (Å²) in [6, 6.07) is 8.90. The van der Waals surface area contributed by atoms with E-state index in [0.717, 1.165) is 0 Å². The molecule has 0 spiro atoms. The van der Waals surface area contributed by atoms with Crippen LogP contribution in [-0.2, 0) is 14.3 Å². The van der Waals surface area contributed by atoms with Crippen molar-refractivity contribution in [1.29, 1.82) is 0 Å². The maximum absolute atomic E-state index is 10.3. The summed E-state index contributed by atoms with van der Waals surface area (Å²) in [7, 11) is 5.54. The first-order chi connectivity index (χ1) is 20.3. The zero-order valence-corrected chi connectivity index (χ0v) is 34.1. The van der Waals surface area contributed by atoms with Crippen molar-refractivity contribution >= 4 is 11.9 Å². The molecule has 0 aromatic carbocycles. The minimum absolute atomic E-state index is 0.00463. The van der Waals surface area contributed by atoms with E-state index in [9.17, 15) is 9.59 Å². The topological polar surface area (TPSA) is 78.8 Å². The third-order valence-corrected chi connectivity index (χ3v) is 5.88. The minimum atomic E-state index is -0.153.